The Morgan fingerprint density at radius 2 is 2.33 bits per heavy atom. The van der Waals surface area contributed by atoms with Gasteiger partial charge in [-0.15, -0.1) is 11.3 Å². The third-order valence-corrected chi connectivity index (χ3v) is 4.66. The Hall–Kier alpha value is 0.1000. The quantitative estimate of drug-likeness (QED) is 0.894. The van der Waals surface area contributed by atoms with Crippen LogP contribution < -0.4 is 11.1 Å². The lowest BCUT2D eigenvalue weighted by Crippen LogP contribution is -2.41. The van der Waals surface area contributed by atoms with Gasteiger partial charge < -0.3 is 11.1 Å². The molecule has 0 amide bonds. The summed E-state index contributed by atoms with van der Waals surface area (Å²) in [7, 11) is 0. The number of halogens is 1. The van der Waals surface area contributed by atoms with Crippen LogP contribution in [0.25, 0.3) is 0 Å². The first-order valence-electron chi connectivity index (χ1n) is 5.49. The van der Waals surface area contributed by atoms with Crippen molar-refractivity contribution in [3.05, 3.63) is 20.8 Å². The molecule has 2 rings (SSSR count). The first kappa shape index (κ1) is 11.6. The summed E-state index contributed by atoms with van der Waals surface area (Å²) >= 11 is 5.29. The molecule has 2 atom stereocenters. The first-order chi connectivity index (χ1) is 7.25. The minimum atomic E-state index is 0.375. The summed E-state index contributed by atoms with van der Waals surface area (Å²) in [5.74, 6) is 0. The van der Waals surface area contributed by atoms with E-state index in [0.29, 0.717) is 12.1 Å². The van der Waals surface area contributed by atoms with E-state index in [1.807, 2.05) is 11.3 Å². The van der Waals surface area contributed by atoms with Gasteiger partial charge >= 0.3 is 0 Å². The standard InChI is InChI=1S/C11H17BrN2S/c12-11-5-4-8(15-11)6-7-14-10-3-1-2-9(10)13/h4-5,9-10,14H,1-3,6-7,13H2. The molecule has 1 aliphatic carbocycles. The molecule has 3 N–H and O–H groups in total. The van der Waals surface area contributed by atoms with Crippen molar-refractivity contribution >= 4 is 27.3 Å². The minimum absolute atomic E-state index is 0.375. The van der Waals surface area contributed by atoms with Crippen LogP contribution in [0.15, 0.2) is 15.9 Å². The number of nitrogens with two attached hydrogens (primary N) is 1. The lowest BCUT2D eigenvalue weighted by atomic mass is 10.2. The Balaban J connectivity index is 1.70. The SMILES string of the molecule is NC1CCCC1NCCc1ccc(Br)s1. The maximum atomic E-state index is 6.00. The van der Waals surface area contributed by atoms with Crippen molar-refractivity contribution < 1.29 is 0 Å². The fraction of sp³-hybridized carbons (Fsp3) is 0.636. The van der Waals surface area contributed by atoms with Crippen molar-refractivity contribution in [1.82, 2.24) is 5.32 Å². The molecule has 0 aliphatic heterocycles. The molecule has 4 heteroatoms. The Kier molecular flexibility index (Phi) is 4.20. The third-order valence-electron chi connectivity index (χ3n) is 2.98. The van der Waals surface area contributed by atoms with Gasteiger partial charge in [-0.05, 0) is 47.3 Å². The highest BCUT2D eigenvalue weighted by Crippen LogP contribution is 2.22. The Morgan fingerprint density at radius 1 is 1.47 bits per heavy atom. The molecule has 0 aromatic carbocycles. The van der Waals surface area contributed by atoms with Crippen molar-refractivity contribution in [3.8, 4) is 0 Å². The van der Waals surface area contributed by atoms with E-state index in [4.69, 9.17) is 5.73 Å². The Bertz CT molecular complexity index is 313. The summed E-state index contributed by atoms with van der Waals surface area (Å²) in [4.78, 5) is 1.43. The van der Waals surface area contributed by atoms with Crippen molar-refractivity contribution in [1.29, 1.82) is 0 Å². The zero-order valence-electron chi connectivity index (χ0n) is 8.71. The number of hydrogen-bond donors (Lipinski definition) is 2. The van der Waals surface area contributed by atoms with E-state index in [9.17, 15) is 0 Å². The van der Waals surface area contributed by atoms with Gasteiger partial charge in [0.05, 0.1) is 3.79 Å². The topological polar surface area (TPSA) is 38.0 Å². The van der Waals surface area contributed by atoms with Crippen molar-refractivity contribution in [2.75, 3.05) is 6.54 Å². The van der Waals surface area contributed by atoms with Crippen LogP contribution in [0, 0.1) is 0 Å². The fourth-order valence-electron chi connectivity index (χ4n) is 2.11. The van der Waals surface area contributed by atoms with E-state index >= 15 is 0 Å². The molecule has 1 aromatic heterocycles. The smallest absolute Gasteiger partial charge is 0.0701 e. The highest BCUT2D eigenvalue weighted by atomic mass is 79.9. The van der Waals surface area contributed by atoms with Crippen LogP contribution >= 0.6 is 27.3 Å². The average molecular weight is 289 g/mol. The van der Waals surface area contributed by atoms with E-state index in [0.717, 1.165) is 13.0 Å². The van der Waals surface area contributed by atoms with Crippen LogP contribution in [-0.4, -0.2) is 18.6 Å². The number of rotatable bonds is 4. The van der Waals surface area contributed by atoms with Crippen molar-refractivity contribution in [2.24, 2.45) is 5.73 Å². The molecule has 0 radical (unpaired) electrons. The molecule has 2 unspecified atom stereocenters. The van der Waals surface area contributed by atoms with Crippen LogP contribution in [0.4, 0.5) is 0 Å². The second-order valence-electron chi connectivity index (χ2n) is 4.11. The van der Waals surface area contributed by atoms with Crippen LogP contribution in [-0.2, 0) is 6.42 Å². The largest absolute Gasteiger partial charge is 0.326 e. The monoisotopic (exact) mass is 288 g/mol. The summed E-state index contributed by atoms with van der Waals surface area (Å²) in [6.45, 7) is 1.05. The van der Waals surface area contributed by atoms with E-state index in [2.05, 4.69) is 33.4 Å². The van der Waals surface area contributed by atoms with Gasteiger partial charge in [-0.25, -0.2) is 0 Å². The molecule has 0 spiro atoms. The van der Waals surface area contributed by atoms with Gasteiger partial charge in [0, 0.05) is 23.5 Å². The maximum Gasteiger partial charge on any atom is 0.0701 e. The Labute approximate surface area is 103 Å². The first-order valence-corrected chi connectivity index (χ1v) is 7.10. The van der Waals surface area contributed by atoms with E-state index in [1.54, 1.807) is 0 Å². The second-order valence-corrected chi connectivity index (χ2v) is 6.66. The summed E-state index contributed by atoms with van der Waals surface area (Å²) in [6.07, 6.45) is 4.82. The highest BCUT2D eigenvalue weighted by Gasteiger charge is 2.22. The molecule has 1 fully saturated rings. The molecule has 0 saturated heterocycles. The zero-order valence-corrected chi connectivity index (χ0v) is 11.1. The molecule has 15 heavy (non-hydrogen) atoms. The predicted octanol–water partition coefficient (Wildman–Crippen LogP) is 2.52. The van der Waals surface area contributed by atoms with E-state index in [-0.39, 0.29) is 0 Å². The molecule has 1 aromatic rings. The molecule has 1 aliphatic rings. The van der Waals surface area contributed by atoms with Crippen molar-refractivity contribution in [2.45, 2.75) is 37.8 Å². The minimum Gasteiger partial charge on any atom is -0.326 e. The molecule has 0 bridgehead atoms. The molecular weight excluding hydrogens is 272 g/mol. The van der Waals surface area contributed by atoms with Crippen LogP contribution in [0.5, 0.6) is 0 Å². The summed E-state index contributed by atoms with van der Waals surface area (Å²) in [5, 5.41) is 3.56. The predicted molar refractivity (Wildman–Crippen MR) is 69.3 cm³/mol. The van der Waals surface area contributed by atoms with E-state index < -0.39 is 0 Å². The number of thiophene rings is 1. The summed E-state index contributed by atoms with van der Waals surface area (Å²) in [5.41, 5.74) is 6.00. The van der Waals surface area contributed by atoms with Gasteiger partial charge in [0.2, 0.25) is 0 Å². The fourth-order valence-corrected chi connectivity index (χ4v) is 3.59. The van der Waals surface area contributed by atoms with Gasteiger partial charge in [-0.1, -0.05) is 6.42 Å². The van der Waals surface area contributed by atoms with Gasteiger partial charge in [-0.2, -0.15) is 0 Å². The Morgan fingerprint density at radius 3 is 2.93 bits per heavy atom. The van der Waals surface area contributed by atoms with Crippen LogP contribution in [0.2, 0.25) is 0 Å². The number of nitrogens with one attached hydrogen (secondary N) is 1. The lowest BCUT2D eigenvalue weighted by molar-refractivity contribution is 0.480. The van der Waals surface area contributed by atoms with Gasteiger partial charge in [0.1, 0.15) is 0 Å². The maximum absolute atomic E-state index is 6.00. The van der Waals surface area contributed by atoms with Crippen LogP contribution in [0.3, 0.4) is 0 Å². The average Bonchev–Trinajstić information content (AvgIpc) is 2.77. The van der Waals surface area contributed by atoms with Gasteiger partial charge in [0.25, 0.3) is 0 Å². The summed E-state index contributed by atoms with van der Waals surface area (Å²) < 4.78 is 1.22. The third kappa shape index (κ3) is 3.28. The molecule has 2 nitrogen and oxygen atoms in total. The van der Waals surface area contributed by atoms with Gasteiger partial charge in [0.15, 0.2) is 0 Å². The molecule has 1 saturated carbocycles. The number of hydrogen-bond acceptors (Lipinski definition) is 3. The van der Waals surface area contributed by atoms with Crippen molar-refractivity contribution in [3.63, 3.8) is 0 Å². The lowest BCUT2D eigenvalue weighted by Gasteiger charge is -2.16. The van der Waals surface area contributed by atoms with Gasteiger partial charge in [-0.3, -0.25) is 0 Å². The molecular formula is C11H17BrN2S. The van der Waals surface area contributed by atoms with E-state index in [1.165, 1.54) is 27.9 Å². The zero-order chi connectivity index (χ0) is 10.7. The summed E-state index contributed by atoms with van der Waals surface area (Å²) in [6, 6.07) is 5.22. The highest BCUT2D eigenvalue weighted by molar-refractivity contribution is 9.11. The second kappa shape index (κ2) is 5.43. The molecule has 84 valence electrons. The normalized spacial score (nSPS) is 26.0. The van der Waals surface area contributed by atoms with Crippen LogP contribution in [0.1, 0.15) is 24.1 Å². The molecule has 1 heterocycles.